The van der Waals surface area contributed by atoms with E-state index < -0.39 is 0 Å². The minimum Gasteiger partial charge on any atom is -0.342 e. The van der Waals surface area contributed by atoms with Crippen LogP contribution in [0.15, 0.2) is 6.07 Å². The zero-order valence-electron chi connectivity index (χ0n) is 14.7. The molecule has 5 nitrogen and oxygen atoms in total. The third-order valence-corrected chi connectivity index (χ3v) is 6.40. The Bertz CT molecular complexity index is 599. The molecular formula is C18H27N3O2S. The van der Waals surface area contributed by atoms with E-state index >= 15 is 0 Å². The van der Waals surface area contributed by atoms with Gasteiger partial charge in [0.2, 0.25) is 5.91 Å². The molecule has 0 spiro atoms. The monoisotopic (exact) mass is 349 g/mol. The number of carbonyl (C=O) groups excluding carboxylic acids is 2. The van der Waals surface area contributed by atoms with Gasteiger partial charge in [-0.15, -0.1) is 11.3 Å². The van der Waals surface area contributed by atoms with Crippen molar-refractivity contribution in [2.45, 2.75) is 33.1 Å². The second kappa shape index (κ2) is 7.66. The second-order valence-corrected chi connectivity index (χ2v) is 7.86. The minimum absolute atomic E-state index is 0.147. The molecule has 2 fully saturated rings. The Morgan fingerprint density at radius 3 is 2.29 bits per heavy atom. The molecule has 0 unspecified atom stereocenters. The van der Waals surface area contributed by atoms with E-state index in [-0.39, 0.29) is 11.8 Å². The fourth-order valence-corrected chi connectivity index (χ4v) is 4.58. The summed E-state index contributed by atoms with van der Waals surface area (Å²) in [7, 11) is 0. The predicted octanol–water partition coefficient (Wildman–Crippen LogP) is 2.00. The molecule has 0 N–H and O–H groups in total. The summed E-state index contributed by atoms with van der Waals surface area (Å²) in [6.45, 7) is 9.53. The van der Waals surface area contributed by atoms with Crippen molar-refractivity contribution < 1.29 is 9.59 Å². The molecule has 0 atom stereocenters. The normalized spacial score (nSPS) is 19.1. The molecule has 2 saturated heterocycles. The lowest BCUT2D eigenvalue weighted by Gasteiger charge is -2.34. The number of carbonyl (C=O) groups is 2. The first-order valence-corrected chi connectivity index (χ1v) is 9.79. The smallest absolute Gasteiger partial charge is 0.264 e. The van der Waals surface area contributed by atoms with Crippen molar-refractivity contribution in [1.82, 2.24) is 14.7 Å². The maximum absolute atomic E-state index is 12.7. The van der Waals surface area contributed by atoms with Gasteiger partial charge in [-0.05, 0) is 37.8 Å². The number of amides is 2. The van der Waals surface area contributed by atoms with E-state index in [9.17, 15) is 9.59 Å². The van der Waals surface area contributed by atoms with E-state index in [2.05, 4.69) is 18.7 Å². The number of hydrogen-bond acceptors (Lipinski definition) is 4. The molecule has 0 aromatic carbocycles. The van der Waals surface area contributed by atoms with E-state index in [4.69, 9.17) is 0 Å². The van der Waals surface area contributed by atoms with Crippen molar-refractivity contribution in [2.75, 3.05) is 45.8 Å². The van der Waals surface area contributed by atoms with Crippen molar-refractivity contribution in [1.29, 1.82) is 0 Å². The maximum Gasteiger partial charge on any atom is 0.264 e. The van der Waals surface area contributed by atoms with Gasteiger partial charge in [0.15, 0.2) is 0 Å². The highest BCUT2D eigenvalue weighted by Gasteiger charge is 2.26. The van der Waals surface area contributed by atoms with Crippen LogP contribution in [0.4, 0.5) is 0 Å². The third-order valence-electron chi connectivity index (χ3n) is 5.03. The molecule has 2 aliphatic heterocycles. The predicted molar refractivity (Wildman–Crippen MR) is 96.6 cm³/mol. The summed E-state index contributed by atoms with van der Waals surface area (Å²) in [6, 6.07) is 2.02. The fourth-order valence-electron chi connectivity index (χ4n) is 3.50. The average molecular weight is 350 g/mol. The molecule has 0 aliphatic carbocycles. The summed E-state index contributed by atoms with van der Waals surface area (Å²) in [4.78, 5) is 33.1. The highest BCUT2D eigenvalue weighted by molar-refractivity contribution is 7.14. The summed E-state index contributed by atoms with van der Waals surface area (Å²) in [5.74, 6) is 0.391. The Balaban J connectivity index is 1.50. The van der Waals surface area contributed by atoms with Crippen LogP contribution in [0, 0.1) is 6.92 Å². The molecule has 1 aromatic heterocycles. The molecule has 3 rings (SSSR count). The van der Waals surface area contributed by atoms with Gasteiger partial charge in [0.1, 0.15) is 0 Å². The number of thiophene rings is 1. The Kier molecular flexibility index (Phi) is 5.56. The van der Waals surface area contributed by atoms with Crippen molar-refractivity contribution in [3.05, 3.63) is 21.4 Å². The van der Waals surface area contributed by atoms with Crippen LogP contribution in [-0.2, 0) is 11.2 Å². The summed E-state index contributed by atoms with van der Waals surface area (Å²) < 4.78 is 0. The van der Waals surface area contributed by atoms with Crippen molar-refractivity contribution in [2.24, 2.45) is 0 Å². The lowest BCUT2D eigenvalue weighted by Crippen LogP contribution is -2.51. The first-order valence-electron chi connectivity index (χ1n) is 8.97. The summed E-state index contributed by atoms with van der Waals surface area (Å²) in [5.41, 5.74) is 1.22. The van der Waals surface area contributed by atoms with Crippen LogP contribution in [0.25, 0.3) is 0 Å². The number of hydrogen-bond donors (Lipinski definition) is 0. The Morgan fingerprint density at radius 1 is 1.04 bits per heavy atom. The largest absolute Gasteiger partial charge is 0.342 e. The van der Waals surface area contributed by atoms with Gasteiger partial charge in [0, 0.05) is 44.1 Å². The first kappa shape index (κ1) is 17.4. The molecule has 0 bridgehead atoms. The molecule has 6 heteroatoms. The maximum atomic E-state index is 12.7. The van der Waals surface area contributed by atoms with Crippen LogP contribution in [0.2, 0.25) is 0 Å². The number of nitrogens with zero attached hydrogens (tertiary/aromatic N) is 3. The van der Waals surface area contributed by atoms with E-state index in [1.165, 1.54) is 10.4 Å². The lowest BCUT2D eigenvalue weighted by molar-refractivity contribution is -0.131. The summed E-state index contributed by atoms with van der Waals surface area (Å²) >= 11 is 1.62. The van der Waals surface area contributed by atoms with Gasteiger partial charge >= 0.3 is 0 Å². The highest BCUT2D eigenvalue weighted by atomic mass is 32.1. The van der Waals surface area contributed by atoms with Gasteiger partial charge in [-0.2, -0.15) is 0 Å². The SMILES string of the molecule is CCc1sc(C(=O)N2CCN(CC(=O)N3CCCC3)CC2)cc1C. The van der Waals surface area contributed by atoms with Gasteiger partial charge in [-0.1, -0.05) is 6.92 Å². The molecule has 2 amide bonds. The average Bonchev–Trinajstić information content (AvgIpc) is 3.24. The van der Waals surface area contributed by atoms with Gasteiger partial charge in [-0.25, -0.2) is 0 Å². The van der Waals surface area contributed by atoms with Gasteiger partial charge in [0.05, 0.1) is 11.4 Å². The number of piperazine rings is 1. The molecule has 24 heavy (non-hydrogen) atoms. The number of likely N-dealkylation sites (tertiary alicyclic amines) is 1. The van der Waals surface area contributed by atoms with Crippen LogP contribution in [-0.4, -0.2) is 72.3 Å². The van der Waals surface area contributed by atoms with Crippen LogP contribution >= 0.6 is 11.3 Å². The fraction of sp³-hybridized carbons (Fsp3) is 0.667. The van der Waals surface area contributed by atoms with E-state index in [1.54, 1.807) is 11.3 Å². The lowest BCUT2D eigenvalue weighted by atomic mass is 10.2. The van der Waals surface area contributed by atoms with Crippen molar-refractivity contribution >= 4 is 23.2 Å². The number of aryl methyl sites for hydroxylation is 2. The van der Waals surface area contributed by atoms with Crippen molar-refractivity contribution in [3.63, 3.8) is 0 Å². The van der Waals surface area contributed by atoms with Crippen LogP contribution in [0.3, 0.4) is 0 Å². The second-order valence-electron chi connectivity index (χ2n) is 6.73. The summed E-state index contributed by atoms with van der Waals surface area (Å²) in [6.07, 6.45) is 3.25. The number of rotatable bonds is 4. The van der Waals surface area contributed by atoms with Gasteiger partial charge in [-0.3, -0.25) is 14.5 Å². The van der Waals surface area contributed by atoms with E-state index in [0.717, 1.165) is 50.3 Å². The minimum atomic E-state index is 0.147. The molecule has 1 aromatic rings. The Morgan fingerprint density at radius 2 is 1.71 bits per heavy atom. The zero-order valence-corrected chi connectivity index (χ0v) is 15.5. The van der Waals surface area contributed by atoms with Crippen LogP contribution in [0.1, 0.15) is 39.9 Å². The van der Waals surface area contributed by atoms with Crippen LogP contribution < -0.4 is 0 Å². The van der Waals surface area contributed by atoms with Crippen LogP contribution in [0.5, 0.6) is 0 Å². The Hall–Kier alpha value is -1.40. The van der Waals surface area contributed by atoms with Crippen molar-refractivity contribution in [3.8, 4) is 0 Å². The molecule has 132 valence electrons. The molecular weight excluding hydrogens is 322 g/mol. The first-order chi connectivity index (χ1) is 11.6. The van der Waals surface area contributed by atoms with Gasteiger partial charge < -0.3 is 9.80 Å². The Labute approximate surface area is 148 Å². The van der Waals surface area contributed by atoms with Gasteiger partial charge in [0.25, 0.3) is 5.91 Å². The quantitative estimate of drug-likeness (QED) is 0.835. The molecule has 3 heterocycles. The van der Waals surface area contributed by atoms with E-state index in [0.29, 0.717) is 19.6 Å². The third kappa shape index (κ3) is 3.81. The molecule has 2 aliphatic rings. The van der Waals surface area contributed by atoms with E-state index in [1.807, 2.05) is 15.9 Å². The molecule has 0 radical (unpaired) electrons. The zero-order chi connectivity index (χ0) is 17.1. The highest BCUT2D eigenvalue weighted by Crippen LogP contribution is 2.24. The summed E-state index contributed by atoms with van der Waals surface area (Å²) in [5, 5.41) is 0. The molecule has 0 saturated carbocycles. The standard InChI is InChI=1S/C18H27N3O2S/c1-3-15-14(2)12-16(24-15)18(23)21-10-8-19(9-11-21)13-17(22)20-6-4-5-7-20/h12H,3-11,13H2,1-2H3. The topological polar surface area (TPSA) is 43.9 Å².